The van der Waals surface area contributed by atoms with Gasteiger partial charge in [-0.2, -0.15) is 0 Å². The zero-order valence-corrected chi connectivity index (χ0v) is 12.8. The first kappa shape index (κ1) is 16.1. The highest BCUT2D eigenvalue weighted by Crippen LogP contribution is 2.22. The fourth-order valence-corrected chi connectivity index (χ4v) is 3.97. The molecule has 0 aliphatic heterocycles. The second-order valence-corrected chi connectivity index (χ2v) is 7.78. The van der Waals surface area contributed by atoms with Crippen LogP contribution in [0.3, 0.4) is 0 Å². The Morgan fingerprint density at radius 2 is 2.05 bits per heavy atom. The number of carboxylic acid groups (broad SMARTS) is 1. The van der Waals surface area contributed by atoms with E-state index >= 15 is 0 Å². The van der Waals surface area contributed by atoms with Crippen molar-refractivity contribution < 1.29 is 18.3 Å². The van der Waals surface area contributed by atoms with E-state index < -0.39 is 21.9 Å². The zero-order valence-electron chi connectivity index (χ0n) is 11.2. The number of carboxylic acids is 1. The Balaban J connectivity index is 2.77. The highest BCUT2D eigenvalue weighted by Gasteiger charge is 2.25. The summed E-state index contributed by atoms with van der Waals surface area (Å²) in [6.45, 7) is 5.38. The summed E-state index contributed by atoms with van der Waals surface area (Å²) in [4.78, 5) is 12.0. The van der Waals surface area contributed by atoms with E-state index in [9.17, 15) is 13.2 Å². The highest BCUT2D eigenvalue weighted by atomic mass is 32.2. The lowest BCUT2D eigenvalue weighted by Crippen LogP contribution is -2.35. The van der Waals surface area contributed by atoms with Crippen LogP contribution >= 0.6 is 11.3 Å². The topological polar surface area (TPSA) is 83.5 Å². The van der Waals surface area contributed by atoms with Crippen LogP contribution in [-0.2, 0) is 21.2 Å². The van der Waals surface area contributed by atoms with Crippen LogP contribution in [0.1, 0.15) is 25.6 Å². The number of nitrogens with one attached hydrogen (secondary N) is 1. The predicted molar refractivity (Wildman–Crippen MR) is 74.8 cm³/mol. The summed E-state index contributed by atoms with van der Waals surface area (Å²) in [5.74, 6) is -1.84. The summed E-state index contributed by atoms with van der Waals surface area (Å²) in [7, 11) is -3.61. The molecule has 0 saturated heterocycles. The fraction of sp³-hybridized carbons (Fsp3) is 0.583. The van der Waals surface area contributed by atoms with Gasteiger partial charge >= 0.3 is 5.97 Å². The smallest absolute Gasteiger partial charge is 0.308 e. The van der Waals surface area contributed by atoms with Crippen molar-refractivity contribution in [3.8, 4) is 0 Å². The quantitative estimate of drug-likeness (QED) is 0.806. The summed E-state index contributed by atoms with van der Waals surface area (Å²) in [5.41, 5.74) is 0. The predicted octanol–water partition coefficient (Wildman–Crippen LogP) is 1.95. The number of aryl methyl sites for hydroxylation is 1. The number of hydrogen-bond acceptors (Lipinski definition) is 4. The minimum absolute atomic E-state index is 0.0886. The van der Waals surface area contributed by atoms with Crippen molar-refractivity contribution in [3.05, 3.63) is 17.0 Å². The summed E-state index contributed by atoms with van der Waals surface area (Å²) in [5, 5.41) is 9.02. The van der Waals surface area contributed by atoms with Crippen molar-refractivity contribution in [2.75, 3.05) is 6.54 Å². The van der Waals surface area contributed by atoms with Crippen LogP contribution < -0.4 is 4.72 Å². The van der Waals surface area contributed by atoms with E-state index in [2.05, 4.69) is 4.72 Å². The van der Waals surface area contributed by atoms with Gasteiger partial charge in [-0.1, -0.05) is 20.8 Å². The van der Waals surface area contributed by atoms with Gasteiger partial charge in [-0.05, 0) is 24.5 Å². The number of aliphatic carboxylic acids is 1. The molecule has 1 aromatic heterocycles. The summed E-state index contributed by atoms with van der Waals surface area (Å²) < 4.78 is 26.6. The Hall–Kier alpha value is -0.920. The van der Waals surface area contributed by atoms with Gasteiger partial charge in [0.25, 0.3) is 0 Å². The molecule has 0 saturated carbocycles. The van der Waals surface area contributed by atoms with E-state index in [1.54, 1.807) is 26.0 Å². The summed E-state index contributed by atoms with van der Waals surface area (Å²) in [6.07, 6.45) is 0.782. The molecule has 1 aromatic rings. The second kappa shape index (κ2) is 6.49. The van der Waals surface area contributed by atoms with Gasteiger partial charge in [-0.3, -0.25) is 4.79 Å². The van der Waals surface area contributed by atoms with E-state index in [4.69, 9.17) is 5.11 Å². The minimum Gasteiger partial charge on any atom is -0.481 e. The van der Waals surface area contributed by atoms with Gasteiger partial charge in [0.15, 0.2) is 0 Å². The van der Waals surface area contributed by atoms with Crippen molar-refractivity contribution in [1.82, 2.24) is 4.72 Å². The highest BCUT2D eigenvalue weighted by molar-refractivity contribution is 7.91. The number of thiophene rings is 1. The van der Waals surface area contributed by atoms with Crippen molar-refractivity contribution in [2.45, 2.75) is 31.4 Å². The number of rotatable bonds is 7. The Morgan fingerprint density at radius 1 is 1.42 bits per heavy atom. The third-order valence-electron chi connectivity index (χ3n) is 2.87. The summed E-state index contributed by atoms with van der Waals surface area (Å²) >= 11 is 1.21. The van der Waals surface area contributed by atoms with E-state index in [1.807, 2.05) is 6.92 Å². The van der Waals surface area contributed by atoms with Gasteiger partial charge in [-0.15, -0.1) is 11.3 Å². The SMILES string of the molecule is CCc1ccc(S(=O)(=O)NCC(C(=O)O)C(C)C)s1. The van der Waals surface area contributed by atoms with Crippen molar-refractivity contribution in [3.63, 3.8) is 0 Å². The molecule has 1 heterocycles. The average Bonchev–Trinajstić information content (AvgIpc) is 2.77. The molecule has 7 heteroatoms. The van der Waals surface area contributed by atoms with E-state index in [0.717, 1.165) is 11.3 Å². The van der Waals surface area contributed by atoms with Gasteiger partial charge in [0.05, 0.1) is 5.92 Å². The lowest BCUT2D eigenvalue weighted by atomic mass is 9.97. The molecule has 0 bridgehead atoms. The number of carbonyl (C=O) groups is 1. The van der Waals surface area contributed by atoms with Gasteiger partial charge in [0, 0.05) is 11.4 Å². The molecule has 1 atom stereocenters. The molecule has 1 unspecified atom stereocenters. The fourth-order valence-electron chi connectivity index (χ4n) is 1.57. The first-order valence-electron chi connectivity index (χ1n) is 6.09. The molecule has 5 nitrogen and oxygen atoms in total. The minimum atomic E-state index is -3.61. The van der Waals surface area contributed by atoms with Crippen LogP contribution in [0.15, 0.2) is 16.3 Å². The Morgan fingerprint density at radius 3 is 2.47 bits per heavy atom. The molecule has 0 amide bonds. The van der Waals surface area contributed by atoms with Gasteiger partial charge in [0.1, 0.15) is 4.21 Å². The molecule has 1 rings (SSSR count). The largest absolute Gasteiger partial charge is 0.481 e. The number of sulfonamides is 1. The molecule has 0 radical (unpaired) electrons. The van der Waals surface area contributed by atoms with Crippen molar-refractivity contribution >= 4 is 27.3 Å². The molecule has 2 N–H and O–H groups in total. The Kier molecular flexibility index (Phi) is 5.51. The molecule has 0 aliphatic rings. The van der Waals surface area contributed by atoms with Gasteiger partial charge < -0.3 is 5.11 Å². The maximum absolute atomic E-state index is 12.0. The zero-order chi connectivity index (χ0) is 14.6. The molecular formula is C12H19NO4S2. The molecule has 0 aromatic carbocycles. The first-order chi connectivity index (χ1) is 8.77. The van der Waals surface area contributed by atoms with Gasteiger partial charge in [-0.25, -0.2) is 13.1 Å². The molecule has 108 valence electrons. The molecule has 0 fully saturated rings. The maximum atomic E-state index is 12.0. The standard InChI is InChI=1S/C12H19NO4S2/c1-4-9-5-6-11(18-9)19(16,17)13-7-10(8(2)3)12(14)15/h5-6,8,10,13H,4,7H2,1-3H3,(H,14,15). The molecule has 0 aliphatic carbocycles. The van der Waals surface area contributed by atoms with Gasteiger partial charge in [0.2, 0.25) is 10.0 Å². The van der Waals surface area contributed by atoms with Crippen molar-refractivity contribution in [1.29, 1.82) is 0 Å². The lowest BCUT2D eigenvalue weighted by molar-refractivity contribution is -0.142. The third-order valence-corrected chi connectivity index (χ3v) is 6.01. The van der Waals surface area contributed by atoms with Crippen LogP contribution in [0.5, 0.6) is 0 Å². The maximum Gasteiger partial charge on any atom is 0.308 e. The second-order valence-electron chi connectivity index (χ2n) is 4.61. The van der Waals surface area contributed by atoms with E-state index in [-0.39, 0.29) is 16.7 Å². The Labute approximate surface area is 117 Å². The van der Waals surface area contributed by atoms with E-state index in [1.165, 1.54) is 11.3 Å². The Bertz CT molecular complexity index is 534. The van der Waals surface area contributed by atoms with Crippen LogP contribution in [0, 0.1) is 11.8 Å². The normalized spacial score (nSPS) is 13.7. The van der Waals surface area contributed by atoms with Crippen LogP contribution in [0.25, 0.3) is 0 Å². The van der Waals surface area contributed by atoms with Crippen molar-refractivity contribution in [2.24, 2.45) is 11.8 Å². The monoisotopic (exact) mass is 305 g/mol. The van der Waals surface area contributed by atoms with Crippen LogP contribution in [0.2, 0.25) is 0 Å². The third kappa shape index (κ3) is 4.29. The first-order valence-corrected chi connectivity index (χ1v) is 8.39. The van der Waals surface area contributed by atoms with Crippen LogP contribution in [-0.4, -0.2) is 26.0 Å². The van der Waals surface area contributed by atoms with E-state index in [0.29, 0.717) is 0 Å². The summed E-state index contributed by atoms with van der Waals surface area (Å²) in [6, 6.07) is 3.33. The molecule has 19 heavy (non-hydrogen) atoms. The molecule has 0 spiro atoms. The van der Waals surface area contributed by atoms with Crippen LogP contribution in [0.4, 0.5) is 0 Å². The molecular weight excluding hydrogens is 286 g/mol. The lowest BCUT2D eigenvalue weighted by Gasteiger charge is -2.16. The average molecular weight is 305 g/mol. The number of hydrogen-bond donors (Lipinski definition) is 2.